The van der Waals surface area contributed by atoms with E-state index < -0.39 is 0 Å². The van der Waals surface area contributed by atoms with Crippen LogP contribution in [0, 0.1) is 5.92 Å². The molecule has 0 radical (unpaired) electrons. The zero-order chi connectivity index (χ0) is 11.1. The van der Waals surface area contributed by atoms with Crippen LogP contribution in [-0.4, -0.2) is 18.0 Å². The van der Waals surface area contributed by atoms with Gasteiger partial charge in [-0.3, -0.25) is 4.79 Å². The molecule has 0 saturated carbocycles. The van der Waals surface area contributed by atoms with E-state index in [0.29, 0.717) is 12.0 Å². The summed E-state index contributed by atoms with van der Waals surface area (Å²) in [5, 5.41) is 3.28. The summed E-state index contributed by atoms with van der Waals surface area (Å²) in [6.07, 6.45) is 3.15. The van der Waals surface area contributed by atoms with Crippen molar-refractivity contribution in [2.75, 3.05) is 0 Å². The Hall–Kier alpha value is -0.570. The largest absolute Gasteiger partial charge is 0.368 e. The lowest BCUT2D eigenvalue weighted by Gasteiger charge is -2.25. The first-order valence-electron chi connectivity index (χ1n) is 5.58. The maximum Gasteiger partial charge on any atom is 0.234 e. The van der Waals surface area contributed by atoms with Gasteiger partial charge in [0.2, 0.25) is 5.91 Å². The van der Waals surface area contributed by atoms with Crippen molar-refractivity contribution < 1.29 is 4.79 Å². The van der Waals surface area contributed by atoms with E-state index in [2.05, 4.69) is 33.0 Å². The zero-order valence-electron chi connectivity index (χ0n) is 9.84. The molecular formula is C11H24N2O. The Bertz CT molecular complexity index is 171. The molecule has 0 saturated heterocycles. The number of amides is 1. The molecule has 14 heavy (non-hydrogen) atoms. The van der Waals surface area contributed by atoms with E-state index in [1.54, 1.807) is 0 Å². The fraction of sp³-hybridized carbons (Fsp3) is 0.909. The molecule has 0 aliphatic heterocycles. The van der Waals surface area contributed by atoms with E-state index in [1.165, 1.54) is 0 Å². The van der Waals surface area contributed by atoms with Crippen LogP contribution < -0.4 is 11.1 Å². The first kappa shape index (κ1) is 13.4. The molecule has 3 unspecified atom stereocenters. The third-order valence-electron chi connectivity index (χ3n) is 2.70. The van der Waals surface area contributed by atoms with Gasteiger partial charge in [-0.15, -0.1) is 0 Å². The molecule has 0 aromatic rings. The molecule has 0 aromatic carbocycles. The molecule has 0 rings (SSSR count). The van der Waals surface area contributed by atoms with Crippen molar-refractivity contribution in [1.82, 2.24) is 5.32 Å². The van der Waals surface area contributed by atoms with E-state index >= 15 is 0 Å². The van der Waals surface area contributed by atoms with Crippen molar-refractivity contribution in [3.8, 4) is 0 Å². The number of carbonyl (C=O) groups is 1. The molecule has 0 spiro atoms. The summed E-state index contributed by atoms with van der Waals surface area (Å²) in [6, 6.07) is 0.178. The van der Waals surface area contributed by atoms with Crippen molar-refractivity contribution in [3.63, 3.8) is 0 Å². The summed E-state index contributed by atoms with van der Waals surface area (Å²) >= 11 is 0. The summed E-state index contributed by atoms with van der Waals surface area (Å²) in [4.78, 5) is 11.2. The zero-order valence-corrected chi connectivity index (χ0v) is 9.84. The van der Waals surface area contributed by atoms with Gasteiger partial charge in [-0.1, -0.05) is 27.2 Å². The van der Waals surface area contributed by atoms with Gasteiger partial charge in [0.05, 0.1) is 6.04 Å². The highest BCUT2D eigenvalue weighted by Gasteiger charge is 2.22. The maximum atomic E-state index is 11.2. The second kappa shape index (κ2) is 6.82. The van der Waals surface area contributed by atoms with Gasteiger partial charge in [0.1, 0.15) is 0 Å². The predicted octanol–water partition coefficient (Wildman–Crippen LogP) is 1.66. The van der Waals surface area contributed by atoms with Gasteiger partial charge in [0.15, 0.2) is 0 Å². The van der Waals surface area contributed by atoms with Crippen molar-refractivity contribution in [3.05, 3.63) is 0 Å². The maximum absolute atomic E-state index is 11.2. The van der Waals surface area contributed by atoms with Gasteiger partial charge in [0.25, 0.3) is 0 Å². The molecule has 3 N–H and O–H groups in total. The Morgan fingerprint density at radius 2 is 1.93 bits per heavy atom. The van der Waals surface area contributed by atoms with Crippen molar-refractivity contribution >= 4 is 5.91 Å². The van der Waals surface area contributed by atoms with Gasteiger partial charge < -0.3 is 11.1 Å². The fourth-order valence-corrected chi connectivity index (χ4v) is 1.57. The van der Waals surface area contributed by atoms with Crippen molar-refractivity contribution in [2.45, 2.75) is 59.0 Å². The van der Waals surface area contributed by atoms with Crippen molar-refractivity contribution in [2.24, 2.45) is 11.7 Å². The van der Waals surface area contributed by atoms with Crippen LogP contribution in [0.25, 0.3) is 0 Å². The number of primary amides is 1. The number of carbonyl (C=O) groups excluding carboxylic acids is 1. The second-order valence-corrected chi connectivity index (χ2v) is 4.12. The predicted molar refractivity (Wildman–Crippen MR) is 59.9 cm³/mol. The van der Waals surface area contributed by atoms with Gasteiger partial charge in [-0.05, 0) is 25.7 Å². The Balaban J connectivity index is 4.21. The molecule has 0 aliphatic carbocycles. The van der Waals surface area contributed by atoms with E-state index in [9.17, 15) is 4.79 Å². The third kappa shape index (κ3) is 4.61. The monoisotopic (exact) mass is 200 g/mol. The minimum atomic E-state index is -0.230. The number of rotatable bonds is 7. The molecule has 3 atom stereocenters. The van der Waals surface area contributed by atoms with Crippen LogP contribution in [0.15, 0.2) is 0 Å². The summed E-state index contributed by atoms with van der Waals surface area (Å²) in [7, 11) is 0. The van der Waals surface area contributed by atoms with E-state index in [4.69, 9.17) is 5.73 Å². The minimum Gasteiger partial charge on any atom is -0.368 e. The Morgan fingerprint density at radius 1 is 1.36 bits per heavy atom. The molecule has 0 aliphatic rings. The number of nitrogens with two attached hydrogens (primary N) is 1. The molecule has 0 fully saturated rings. The summed E-state index contributed by atoms with van der Waals surface area (Å²) in [5.41, 5.74) is 5.37. The van der Waals surface area contributed by atoms with E-state index in [-0.39, 0.29) is 11.9 Å². The summed E-state index contributed by atoms with van der Waals surface area (Å²) in [5.74, 6) is 0.0951. The highest BCUT2D eigenvalue weighted by atomic mass is 16.1. The molecule has 0 heterocycles. The van der Waals surface area contributed by atoms with Gasteiger partial charge >= 0.3 is 0 Å². The lowest BCUT2D eigenvalue weighted by molar-refractivity contribution is -0.121. The van der Waals surface area contributed by atoms with E-state index in [0.717, 1.165) is 19.3 Å². The second-order valence-electron chi connectivity index (χ2n) is 4.12. The lowest BCUT2D eigenvalue weighted by atomic mass is 9.95. The van der Waals surface area contributed by atoms with Crippen LogP contribution in [0.4, 0.5) is 0 Å². The van der Waals surface area contributed by atoms with Crippen LogP contribution in [-0.2, 0) is 4.79 Å². The fourth-order valence-electron chi connectivity index (χ4n) is 1.57. The third-order valence-corrected chi connectivity index (χ3v) is 2.70. The average Bonchev–Trinajstić information content (AvgIpc) is 2.13. The Labute approximate surface area is 87.4 Å². The van der Waals surface area contributed by atoms with Crippen LogP contribution in [0.1, 0.15) is 47.0 Å². The van der Waals surface area contributed by atoms with Crippen LogP contribution in [0.2, 0.25) is 0 Å². The first-order chi connectivity index (χ1) is 6.52. The lowest BCUT2D eigenvalue weighted by Crippen LogP contribution is -2.49. The molecule has 84 valence electrons. The SMILES string of the molecule is CCCC(C)C(NC(C)CC)C(N)=O. The molecule has 0 bridgehead atoms. The Morgan fingerprint density at radius 3 is 2.29 bits per heavy atom. The first-order valence-corrected chi connectivity index (χ1v) is 5.58. The number of nitrogens with one attached hydrogen (secondary N) is 1. The number of hydrogen-bond donors (Lipinski definition) is 2. The smallest absolute Gasteiger partial charge is 0.234 e. The molecule has 3 nitrogen and oxygen atoms in total. The standard InChI is InChI=1S/C11H24N2O/c1-5-7-8(3)10(11(12)14)13-9(4)6-2/h8-10,13H,5-7H2,1-4H3,(H2,12,14). The average molecular weight is 200 g/mol. The van der Waals surface area contributed by atoms with Gasteiger partial charge in [-0.25, -0.2) is 0 Å². The summed E-state index contributed by atoms with van der Waals surface area (Å²) < 4.78 is 0. The van der Waals surface area contributed by atoms with Crippen LogP contribution in [0.5, 0.6) is 0 Å². The topological polar surface area (TPSA) is 55.1 Å². The summed E-state index contributed by atoms with van der Waals surface area (Å²) in [6.45, 7) is 8.38. The molecular weight excluding hydrogens is 176 g/mol. The van der Waals surface area contributed by atoms with Crippen LogP contribution >= 0.6 is 0 Å². The highest BCUT2D eigenvalue weighted by Crippen LogP contribution is 2.11. The molecule has 0 aromatic heterocycles. The van der Waals surface area contributed by atoms with Crippen LogP contribution in [0.3, 0.4) is 0 Å². The molecule has 3 heteroatoms. The minimum absolute atomic E-state index is 0.176. The van der Waals surface area contributed by atoms with Gasteiger partial charge in [0, 0.05) is 6.04 Å². The molecule has 1 amide bonds. The quantitative estimate of drug-likeness (QED) is 0.656. The number of hydrogen-bond acceptors (Lipinski definition) is 2. The van der Waals surface area contributed by atoms with E-state index in [1.807, 2.05) is 0 Å². The van der Waals surface area contributed by atoms with Gasteiger partial charge in [-0.2, -0.15) is 0 Å². The Kier molecular flexibility index (Phi) is 6.54. The highest BCUT2D eigenvalue weighted by molar-refractivity contribution is 5.80. The van der Waals surface area contributed by atoms with Crippen molar-refractivity contribution in [1.29, 1.82) is 0 Å². The normalized spacial score (nSPS) is 17.4.